The van der Waals surface area contributed by atoms with Gasteiger partial charge in [-0.1, -0.05) is 0 Å². The van der Waals surface area contributed by atoms with Gasteiger partial charge >= 0.3 is 0 Å². The van der Waals surface area contributed by atoms with Crippen LogP contribution in [-0.2, 0) is 4.79 Å². The van der Waals surface area contributed by atoms with E-state index < -0.39 is 0 Å². The van der Waals surface area contributed by atoms with Crippen LogP contribution in [0.1, 0.15) is 6.92 Å². The largest absolute Gasteiger partial charge is 0.506 e. The van der Waals surface area contributed by atoms with Crippen LogP contribution in [0.2, 0.25) is 0 Å². The zero-order valence-electron chi connectivity index (χ0n) is 9.43. The van der Waals surface area contributed by atoms with E-state index in [1.54, 1.807) is 12.1 Å². The normalized spacial score (nSPS) is 8.61. The minimum Gasteiger partial charge on any atom is -0.506 e. The van der Waals surface area contributed by atoms with Crippen molar-refractivity contribution < 1.29 is 9.90 Å². The third-order valence-corrected chi connectivity index (χ3v) is 1.82. The molecule has 90 valence electrons. The third kappa shape index (κ3) is 3.51. The average Bonchev–Trinajstić information content (AvgIpc) is 2.33. The Hall–Kier alpha value is -3.06. The second-order valence-corrected chi connectivity index (χ2v) is 3.21. The molecule has 7 heteroatoms. The van der Waals surface area contributed by atoms with Gasteiger partial charge in [-0.25, -0.2) is 0 Å². The zero-order valence-corrected chi connectivity index (χ0v) is 9.43. The van der Waals surface area contributed by atoms with Crippen molar-refractivity contribution in [3.8, 4) is 17.9 Å². The topological polar surface area (TPSA) is 121 Å². The van der Waals surface area contributed by atoms with Gasteiger partial charge in [0.15, 0.2) is 0 Å². The summed E-state index contributed by atoms with van der Waals surface area (Å²) in [7, 11) is 0. The van der Waals surface area contributed by atoms with Gasteiger partial charge in [0.05, 0.1) is 11.4 Å². The molecule has 0 aliphatic rings. The van der Waals surface area contributed by atoms with E-state index in [1.165, 1.54) is 25.1 Å². The average molecular weight is 243 g/mol. The van der Waals surface area contributed by atoms with Crippen molar-refractivity contribution in [2.45, 2.75) is 6.92 Å². The zero-order chi connectivity index (χ0) is 13.5. The van der Waals surface area contributed by atoms with Crippen LogP contribution in [0.25, 0.3) is 0 Å². The summed E-state index contributed by atoms with van der Waals surface area (Å²) < 4.78 is 0. The van der Waals surface area contributed by atoms with Gasteiger partial charge in [-0.3, -0.25) is 10.2 Å². The number of carbonyl (C=O) groups is 1. The summed E-state index contributed by atoms with van der Waals surface area (Å²) >= 11 is 0. The second kappa shape index (κ2) is 5.87. The number of rotatable bonds is 3. The molecule has 1 amide bonds. The lowest BCUT2D eigenvalue weighted by Gasteiger charge is -2.07. The fourth-order valence-corrected chi connectivity index (χ4v) is 1.09. The van der Waals surface area contributed by atoms with E-state index in [9.17, 15) is 9.90 Å². The smallest absolute Gasteiger partial charge is 0.237 e. The first kappa shape index (κ1) is 13.0. The van der Waals surface area contributed by atoms with Crippen LogP contribution in [0.4, 0.5) is 11.4 Å². The lowest BCUT2D eigenvalue weighted by molar-refractivity contribution is -0.114. The predicted molar refractivity (Wildman–Crippen MR) is 64.7 cm³/mol. The summed E-state index contributed by atoms with van der Waals surface area (Å²) in [6, 6.07) is 7.43. The van der Waals surface area contributed by atoms with E-state index in [0.717, 1.165) is 0 Å². The standard InChI is InChI=1S/C11H9N5O2/c1-7(17)14-10-4-8(2-3-11(10)18)15-16-9(5-12)6-13/h2-4,15,18H,1H3,(H,14,17). The molecule has 0 bridgehead atoms. The van der Waals surface area contributed by atoms with E-state index in [2.05, 4.69) is 15.8 Å². The molecule has 0 saturated heterocycles. The molecule has 0 aliphatic carbocycles. The molecular formula is C11H9N5O2. The van der Waals surface area contributed by atoms with Gasteiger partial charge in [-0.2, -0.15) is 15.6 Å². The molecule has 1 rings (SSSR count). The number of hydrogen-bond acceptors (Lipinski definition) is 6. The van der Waals surface area contributed by atoms with Crippen LogP contribution in [0.15, 0.2) is 23.3 Å². The summed E-state index contributed by atoms with van der Waals surface area (Å²) in [5, 5.41) is 32.4. The van der Waals surface area contributed by atoms with Gasteiger partial charge in [-0.15, -0.1) is 0 Å². The number of hydrazone groups is 1. The SMILES string of the molecule is CC(=O)Nc1cc(NN=C(C#N)C#N)ccc1O. The number of nitrogens with zero attached hydrogens (tertiary/aromatic N) is 3. The molecule has 0 aromatic heterocycles. The monoisotopic (exact) mass is 243 g/mol. The molecular weight excluding hydrogens is 234 g/mol. The molecule has 1 aromatic carbocycles. The molecule has 0 radical (unpaired) electrons. The molecule has 18 heavy (non-hydrogen) atoms. The lowest BCUT2D eigenvalue weighted by Crippen LogP contribution is -2.06. The van der Waals surface area contributed by atoms with Crippen LogP contribution in [-0.4, -0.2) is 16.7 Å². The molecule has 3 N–H and O–H groups in total. The first-order valence-corrected chi connectivity index (χ1v) is 4.81. The molecule has 1 aromatic rings. The number of amides is 1. The molecule has 0 spiro atoms. The highest BCUT2D eigenvalue weighted by Gasteiger charge is 2.04. The quantitative estimate of drug-likeness (QED) is 0.318. The van der Waals surface area contributed by atoms with Crippen LogP contribution in [0.3, 0.4) is 0 Å². The van der Waals surface area contributed by atoms with Crippen molar-refractivity contribution >= 4 is 23.0 Å². The van der Waals surface area contributed by atoms with Gasteiger partial charge in [0.2, 0.25) is 11.6 Å². The Morgan fingerprint density at radius 3 is 2.61 bits per heavy atom. The molecule has 0 atom stereocenters. The minimum atomic E-state index is -0.333. The van der Waals surface area contributed by atoms with Crippen molar-refractivity contribution in [1.82, 2.24) is 0 Å². The Morgan fingerprint density at radius 1 is 1.39 bits per heavy atom. The van der Waals surface area contributed by atoms with E-state index in [-0.39, 0.29) is 23.1 Å². The van der Waals surface area contributed by atoms with E-state index >= 15 is 0 Å². The maximum atomic E-state index is 10.9. The van der Waals surface area contributed by atoms with E-state index in [4.69, 9.17) is 10.5 Å². The van der Waals surface area contributed by atoms with Gasteiger partial charge in [0.25, 0.3) is 0 Å². The number of phenolic OH excluding ortho intramolecular Hbond substituents is 1. The van der Waals surface area contributed by atoms with Crippen molar-refractivity contribution in [3.05, 3.63) is 18.2 Å². The van der Waals surface area contributed by atoms with Gasteiger partial charge in [0, 0.05) is 6.92 Å². The van der Waals surface area contributed by atoms with Crippen LogP contribution in [0.5, 0.6) is 5.75 Å². The number of aromatic hydroxyl groups is 1. The first-order valence-electron chi connectivity index (χ1n) is 4.81. The first-order chi connectivity index (χ1) is 8.56. The van der Waals surface area contributed by atoms with Gasteiger partial charge < -0.3 is 10.4 Å². The maximum Gasteiger partial charge on any atom is 0.237 e. The van der Waals surface area contributed by atoms with Gasteiger partial charge in [0.1, 0.15) is 17.9 Å². The van der Waals surface area contributed by atoms with E-state index in [0.29, 0.717) is 5.69 Å². The lowest BCUT2D eigenvalue weighted by atomic mass is 10.2. The maximum absolute atomic E-state index is 10.9. The number of hydrogen-bond donors (Lipinski definition) is 3. The fourth-order valence-electron chi connectivity index (χ4n) is 1.09. The number of carbonyl (C=O) groups excluding carboxylic acids is 1. The fraction of sp³-hybridized carbons (Fsp3) is 0.0909. The Labute approximate surface area is 103 Å². The highest BCUT2D eigenvalue weighted by Crippen LogP contribution is 2.26. The number of phenols is 1. The van der Waals surface area contributed by atoms with Crippen molar-refractivity contribution in [3.63, 3.8) is 0 Å². The summed E-state index contributed by atoms with van der Waals surface area (Å²) in [5.41, 5.74) is 2.76. The molecule has 0 aliphatic heterocycles. The summed E-state index contributed by atoms with van der Waals surface area (Å²) in [6.45, 7) is 1.31. The third-order valence-electron chi connectivity index (χ3n) is 1.82. The number of nitrogens with one attached hydrogen (secondary N) is 2. The van der Waals surface area contributed by atoms with Crippen molar-refractivity contribution in [2.75, 3.05) is 10.7 Å². The predicted octanol–water partition coefficient (Wildman–Crippen LogP) is 1.17. The highest BCUT2D eigenvalue weighted by atomic mass is 16.3. The highest BCUT2D eigenvalue weighted by molar-refractivity contribution is 6.10. The number of benzene rings is 1. The number of anilines is 2. The summed E-state index contributed by atoms with van der Waals surface area (Å²) in [4.78, 5) is 10.9. The Morgan fingerprint density at radius 2 is 2.06 bits per heavy atom. The molecule has 0 unspecified atom stereocenters. The van der Waals surface area contributed by atoms with Crippen molar-refractivity contribution in [1.29, 1.82) is 10.5 Å². The number of nitriles is 2. The Bertz CT molecular complexity index is 564. The minimum absolute atomic E-state index is 0.0967. The second-order valence-electron chi connectivity index (χ2n) is 3.21. The van der Waals surface area contributed by atoms with Gasteiger partial charge in [-0.05, 0) is 18.2 Å². The summed E-state index contributed by atoms with van der Waals surface area (Å²) in [5.74, 6) is -0.429. The van der Waals surface area contributed by atoms with Crippen LogP contribution >= 0.6 is 0 Å². The Kier molecular flexibility index (Phi) is 4.24. The summed E-state index contributed by atoms with van der Waals surface area (Å²) in [6.07, 6.45) is 0. The van der Waals surface area contributed by atoms with E-state index in [1.807, 2.05) is 0 Å². The molecule has 0 heterocycles. The molecule has 0 fully saturated rings. The Balaban J connectivity index is 2.93. The molecule has 0 saturated carbocycles. The van der Waals surface area contributed by atoms with Crippen LogP contribution < -0.4 is 10.7 Å². The van der Waals surface area contributed by atoms with Crippen molar-refractivity contribution in [2.24, 2.45) is 5.10 Å². The van der Waals surface area contributed by atoms with Crippen LogP contribution in [0, 0.1) is 22.7 Å². The molecule has 7 nitrogen and oxygen atoms in total.